The predicted octanol–water partition coefficient (Wildman–Crippen LogP) is 3.27. The summed E-state index contributed by atoms with van der Waals surface area (Å²) >= 11 is 5.96. The normalized spacial score (nSPS) is 18.2. The number of hydrazine groups is 1. The van der Waals surface area contributed by atoms with E-state index in [-0.39, 0.29) is 29.5 Å². The largest absolute Gasteiger partial charge is 0.459 e. The van der Waals surface area contributed by atoms with E-state index in [1.54, 1.807) is 18.2 Å². The maximum Gasteiger partial charge on any atom is 0.291 e. The van der Waals surface area contributed by atoms with Crippen molar-refractivity contribution >= 4 is 29.1 Å². The summed E-state index contributed by atoms with van der Waals surface area (Å²) in [7, 11) is 0. The van der Waals surface area contributed by atoms with Crippen LogP contribution in [0.15, 0.2) is 71.3 Å². The number of nitrogens with one attached hydrogen (secondary N) is 4. The van der Waals surface area contributed by atoms with Gasteiger partial charge in [0, 0.05) is 23.8 Å². The Morgan fingerprint density at radius 2 is 1.93 bits per heavy atom. The van der Waals surface area contributed by atoms with Gasteiger partial charge in [-0.2, -0.15) is 0 Å². The highest BCUT2D eigenvalue weighted by Crippen LogP contribution is 2.26. The van der Waals surface area contributed by atoms with Crippen LogP contribution in [0.2, 0.25) is 5.02 Å². The predicted molar refractivity (Wildman–Crippen MR) is 114 cm³/mol. The van der Waals surface area contributed by atoms with E-state index in [9.17, 15) is 9.59 Å². The maximum absolute atomic E-state index is 12.8. The lowest BCUT2D eigenvalue weighted by Crippen LogP contribution is -2.34. The average Bonchev–Trinajstić information content (AvgIpc) is 3.45. The third kappa shape index (κ3) is 4.71. The number of hydrogen-bond donors (Lipinski definition) is 4. The van der Waals surface area contributed by atoms with Gasteiger partial charge in [0.25, 0.3) is 5.91 Å². The van der Waals surface area contributed by atoms with Crippen molar-refractivity contribution in [2.24, 2.45) is 5.92 Å². The molecule has 0 radical (unpaired) electrons. The fourth-order valence-corrected chi connectivity index (χ4v) is 3.53. The molecule has 7 nitrogen and oxygen atoms in total. The lowest BCUT2D eigenvalue weighted by Gasteiger charge is -2.18. The second kappa shape index (κ2) is 9.13. The number of rotatable bonds is 6. The van der Waals surface area contributed by atoms with E-state index in [0.717, 1.165) is 11.1 Å². The quantitative estimate of drug-likeness (QED) is 0.487. The Kier molecular flexibility index (Phi) is 6.13. The first-order valence-electron chi connectivity index (χ1n) is 9.55. The molecular weight excluding hydrogens is 404 g/mol. The van der Waals surface area contributed by atoms with Gasteiger partial charge in [0.15, 0.2) is 5.76 Å². The molecule has 1 aliphatic rings. The zero-order chi connectivity index (χ0) is 20.9. The van der Waals surface area contributed by atoms with Crippen molar-refractivity contribution < 1.29 is 14.0 Å². The van der Waals surface area contributed by atoms with Gasteiger partial charge >= 0.3 is 0 Å². The van der Waals surface area contributed by atoms with Crippen molar-refractivity contribution in [2.45, 2.75) is 12.6 Å². The summed E-state index contributed by atoms with van der Waals surface area (Å²) in [6.45, 7) is 0.880. The summed E-state index contributed by atoms with van der Waals surface area (Å²) in [5.41, 5.74) is 8.71. The highest BCUT2D eigenvalue weighted by Gasteiger charge is 2.33. The molecule has 2 atom stereocenters. The van der Waals surface area contributed by atoms with Crippen LogP contribution < -0.4 is 21.5 Å². The average molecular weight is 425 g/mol. The Morgan fingerprint density at radius 1 is 1.10 bits per heavy atom. The van der Waals surface area contributed by atoms with Crippen LogP contribution in [-0.2, 0) is 11.3 Å². The maximum atomic E-state index is 12.8. The van der Waals surface area contributed by atoms with Gasteiger partial charge in [0.2, 0.25) is 5.91 Å². The third-order valence-electron chi connectivity index (χ3n) is 4.94. The summed E-state index contributed by atoms with van der Waals surface area (Å²) in [6, 6.07) is 17.9. The van der Waals surface area contributed by atoms with Crippen LogP contribution in [0, 0.1) is 5.92 Å². The molecule has 3 aromatic rings. The van der Waals surface area contributed by atoms with Crippen LogP contribution in [0.4, 0.5) is 5.69 Å². The minimum atomic E-state index is -0.324. The first kappa shape index (κ1) is 20.2. The molecule has 0 spiro atoms. The number of hydrogen-bond acceptors (Lipinski definition) is 5. The van der Waals surface area contributed by atoms with Gasteiger partial charge in [-0.3, -0.25) is 15.0 Å². The van der Waals surface area contributed by atoms with Gasteiger partial charge in [0.05, 0.1) is 18.2 Å². The van der Waals surface area contributed by atoms with E-state index in [2.05, 4.69) is 21.5 Å². The highest BCUT2D eigenvalue weighted by molar-refractivity contribution is 6.30. The molecule has 1 saturated heterocycles. The van der Waals surface area contributed by atoms with Crippen molar-refractivity contribution in [3.63, 3.8) is 0 Å². The molecule has 8 heteroatoms. The minimum absolute atomic E-state index is 0.0579. The van der Waals surface area contributed by atoms with E-state index in [1.807, 2.05) is 42.5 Å². The summed E-state index contributed by atoms with van der Waals surface area (Å²) in [5.74, 6) is -0.399. The van der Waals surface area contributed by atoms with Crippen LogP contribution in [0.3, 0.4) is 0 Å². The first-order valence-corrected chi connectivity index (χ1v) is 9.93. The van der Waals surface area contributed by atoms with Crippen molar-refractivity contribution in [1.29, 1.82) is 0 Å². The zero-order valence-corrected chi connectivity index (χ0v) is 16.8. The highest BCUT2D eigenvalue weighted by atomic mass is 35.5. The van der Waals surface area contributed by atoms with Crippen LogP contribution in [0.1, 0.15) is 27.7 Å². The van der Waals surface area contributed by atoms with Crippen molar-refractivity contribution in [3.8, 4) is 0 Å². The molecule has 154 valence electrons. The summed E-state index contributed by atoms with van der Waals surface area (Å²) in [6.07, 6.45) is 1.45. The van der Waals surface area contributed by atoms with E-state index in [1.165, 1.54) is 6.26 Å². The Balaban J connectivity index is 1.36. The molecule has 1 aromatic heterocycles. The van der Waals surface area contributed by atoms with Gasteiger partial charge in [-0.1, -0.05) is 35.9 Å². The van der Waals surface area contributed by atoms with Crippen LogP contribution in [-0.4, -0.2) is 18.4 Å². The zero-order valence-electron chi connectivity index (χ0n) is 16.0. The molecule has 1 aliphatic heterocycles. The second-order valence-corrected chi connectivity index (χ2v) is 7.45. The molecular formula is C22H21ClN4O3. The molecule has 30 heavy (non-hydrogen) atoms. The van der Waals surface area contributed by atoms with Gasteiger partial charge in [-0.25, -0.2) is 5.43 Å². The third-order valence-corrected chi connectivity index (χ3v) is 5.20. The smallest absolute Gasteiger partial charge is 0.291 e. The minimum Gasteiger partial charge on any atom is -0.459 e. The molecule has 0 aliphatic carbocycles. The van der Waals surface area contributed by atoms with Gasteiger partial charge < -0.3 is 15.1 Å². The molecule has 2 aromatic carbocycles. The second-order valence-electron chi connectivity index (χ2n) is 7.01. The SMILES string of the molecule is O=C(Nc1cccc(CNC(=O)C2CNNC2c2ccc(Cl)cc2)c1)c1ccco1. The molecule has 2 heterocycles. The Labute approximate surface area is 178 Å². The lowest BCUT2D eigenvalue weighted by atomic mass is 9.94. The molecule has 4 rings (SSSR count). The fourth-order valence-electron chi connectivity index (χ4n) is 3.41. The van der Waals surface area contributed by atoms with E-state index in [4.69, 9.17) is 16.0 Å². The van der Waals surface area contributed by atoms with Gasteiger partial charge in [0.1, 0.15) is 0 Å². The molecule has 0 saturated carbocycles. The summed E-state index contributed by atoms with van der Waals surface area (Å²) in [4.78, 5) is 24.9. The Bertz CT molecular complexity index is 1020. The molecule has 2 amide bonds. The number of anilines is 1. The summed E-state index contributed by atoms with van der Waals surface area (Å²) < 4.78 is 5.10. The van der Waals surface area contributed by atoms with Crippen molar-refractivity contribution in [2.75, 3.05) is 11.9 Å². The number of amides is 2. The number of furan rings is 1. The van der Waals surface area contributed by atoms with Crippen LogP contribution in [0.25, 0.3) is 0 Å². The number of halogens is 1. The summed E-state index contributed by atoms with van der Waals surface area (Å²) in [5, 5.41) is 6.43. The number of carbonyl (C=O) groups excluding carboxylic acids is 2. The topological polar surface area (TPSA) is 95.4 Å². The standard InChI is InChI=1S/C22H21ClN4O3/c23-16-8-6-15(7-9-16)20-18(13-25-27-20)21(28)24-12-14-3-1-4-17(11-14)26-22(29)19-5-2-10-30-19/h1-11,18,20,25,27H,12-13H2,(H,24,28)(H,26,29). The lowest BCUT2D eigenvalue weighted by molar-refractivity contribution is -0.125. The first-order chi connectivity index (χ1) is 14.6. The molecule has 1 fully saturated rings. The van der Waals surface area contributed by atoms with E-state index >= 15 is 0 Å². The van der Waals surface area contributed by atoms with E-state index in [0.29, 0.717) is 23.8 Å². The Hall–Kier alpha value is -3.13. The van der Waals surface area contributed by atoms with Crippen molar-refractivity contribution in [1.82, 2.24) is 16.2 Å². The monoisotopic (exact) mass is 424 g/mol. The molecule has 4 N–H and O–H groups in total. The van der Waals surface area contributed by atoms with E-state index < -0.39 is 0 Å². The molecule has 2 unspecified atom stereocenters. The van der Waals surface area contributed by atoms with Crippen LogP contribution >= 0.6 is 11.6 Å². The molecule has 0 bridgehead atoms. The van der Waals surface area contributed by atoms with Crippen molar-refractivity contribution in [3.05, 3.63) is 88.8 Å². The van der Waals surface area contributed by atoms with Crippen LogP contribution in [0.5, 0.6) is 0 Å². The van der Waals surface area contributed by atoms with Gasteiger partial charge in [-0.05, 0) is 47.5 Å². The van der Waals surface area contributed by atoms with Gasteiger partial charge in [-0.15, -0.1) is 0 Å². The fraction of sp³-hybridized carbons (Fsp3) is 0.182. The number of benzene rings is 2. The Morgan fingerprint density at radius 3 is 2.70 bits per heavy atom. The number of carbonyl (C=O) groups is 2.